The van der Waals surface area contributed by atoms with Crippen molar-refractivity contribution in [3.63, 3.8) is 0 Å². The number of esters is 1. The molecule has 0 aliphatic carbocycles. The average molecular weight is 332 g/mol. The Morgan fingerprint density at radius 1 is 1.04 bits per heavy atom. The van der Waals surface area contributed by atoms with E-state index in [1.807, 2.05) is 0 Å². The fourth-order valence-corrected chi connectivity index (χ4v) is 2.20. The Balaban J connectivity index is 2.63. The molecule has 0 N–H and O–H groups in total. The lowest BCUT2D eigenvalue weighted by Crippen LogP contribution is -2.24. The lowest BCUT2D eigenvalue weighted by Gasteiger charge is -2.19. The van der Waals surface area contributed by atoms with Crippen molar-refractivity contribution in [1.82, 2.24) is 0 Å². The number of Topliss-reactive ketones (excluding diaryl/α,β-unsaturated/α-hetero) is 1. The lowest BCUT2D eigenvalue weighted by atomic mass is 10.1. The Kier molecular flexibility index (Phi) is 8.84. The fraction of sp³-hybridized carbons (Fsp3) is 0.500. The molecule has 0 spiro atoms. The molecule has 132 valence electrons. The number of ether oxygens (including phenoxy) is 2. The van der Waals surface area contributed by atoms with E-state index < -0.39 is 12.3 Å². The molecule has 1 aromatic rings. The van der Waals surface area contributed by atoms with Crippen LogP contribution >= 0.6 is 0 Å². The van der Waals surface area contributed by atoms with Crippen LogP contribution in [0.25, 0.3) is 0 Å². The SMILES string of the molecule is C=C(C)C(=O)OC(CCCCCCC)Oc1ccc(C(C)=O)cc1. The third kappa shape index (κ3) is 7.44. The highest BCUT2D eigenvalue weighted by molar-refractivity contribution is 5.94. The van der Waals surface area contributed by atoms with Crippen LogP contribution in [0, 0.1) is 0 Å². The van der Waals surface area contributed by atoms with E-state index in [4.69, 9.17) is 9.47 Å². The quantitative estimate of drug-likeness (QED) is 0.186. The molecule has 0 aromatic heterocycles. The number of carbonyl (C=O) groups excluding carboxylic acids is 2. The van der Waals surface area contributed by atoms with Crippen LogP contribution in [0.3, 0.4) is 0 Å². The monoisotopic (exact) mass is 332 g/mol. The van der Waals surface area contributed by atoms with Crippen molar-refractivity contribution in [2.75, 3.05) is 0 Å². The highest BCUT2D eigenvalue weighted by Crippen LogP contribution is 2.18. The van der Waals surface area contributed by atoms with Gasteiger partial charge in [-0.1, -0.05) is 39.2 Å². The summed E-state index contributed by atoms with van der Waals surface area (Å²) in [6.07, 6.45) is 5.58. The normalized spacial score (nSPS) is 11.6. The van der Waals surface area contributed by atoms with E-state index in [1.54, 1.807) is 31.2 Å². The number of hydrogen-bond donors (Lipinski definition) is 0. The first kappa shape index (κ1) is 19.9. The van der Waals surface area contributed by atoms with Gasteiger partial charge in [-0.3, -0.25) is 4.79 Å². The summed E-state index contributed by atoms with van der Waals surface area (Å²) in [4.78, 5) is 23.1. The Bertz CT molecular complexity index is 545. The summed E-state index contributed by atoms with van der Waals surface area (Å²) in [7, 11) is 0. The molecular formula is C20H28O4. The van der Waals surface area contributed by atoms with E-state index in [1.165, 1.54) is 26.2 Å². The second-order valence-electron chi connectivity index (χ2n) is 6.02. The lowest BCUT2D eigenvalue weighted by molar-refractivity contribution is -0.159. The fourth-order valence-electron chi connectivity index (χ4n) is 2.20. The van der Waals surface area contributed by atoms with E-state index in [0.29, 0.717) is 23.3 Å². The number of rotatable bonds is 11. The maximum atomic E-state index is 11.8. The molecule has 0 radical (unpaired) electrons. The summed E-state index contributed by atoms with van der Waals surface area (Å²) in [5.41, 5.74) is 0.971. The molecular weight excluding hydrogens is 304 g/mol. The second-order valence-corrected chi connectivity index (χ2v) is 6.02. The van der Waals surface area contributed by atoms with Crippen molar-refractivity contribution >= 4 is 11.8 Å². The Labute approximate surface area is 144 Å². The molecule has 0 amide bonds. The van der Waals surface area contributed by atoms with Gasteiger partial charge in [0, 0.05) is 17.6 Å². The Morgan fingerprint density at radius 2 is 1.67 bits per heavy atom. The zero-order chi connectivity index (χ0) is 17.9. The zero-order valence-electron chi connectivity index (χ0n) is 15.0. The van der Waals surface area contributed by atoms with E-state index in [2.05, 4.69) is 13.5 Å². The molecule has 0 aliphatic rings. The largest absolute Gasteiger partial charge is 0.455 e. The highest BCUT2D eigenvalue weighted by Gasteiger charge is 2.16. The molecule has 4 heteroatoms. The van der Waals surface area contributed by atoms with Gasteiger partial charge in [-0.15, -0.1) is 0 Å². The summed E-state index contributed by atoms with van der Waals surface area (Å²) in [6, 6.07) is 6.85. The first-order chi connectivity index (χ1) is 11.4. The topological polar surface area (TPSA) is 52.6 Å². The highest BCUT2D eigenvalue weighted by atomic mass is 16.7. The number of ketones is 1. The van der Waals surface area contributed by atoms with E-state index in [9.17, 15) is 9.59 Å². The number of unbranched alkanes of at least 4 members (excludes halogenated alkanes) is 4. The molecule has 0 fully saturated rings. The van der Waals surface area contributed by atoms with Crippen molar-refractivity contribution in [3.8, 4) is 5.75 Å². The summed E-state index contributed by atoms with van der Waals surface area (Å²) < 4.78 is 11.2. The van der Waals surface area contributed by atoms with Crippen LogP contribution in [0.2, 0.25) is 0 Å². The molecule has 4 nitrogen and oxygen atoms in total. The van der Waals surface area contributed by atoms with Crippen molar-refractivity contribution in [1.29, 1.82) is 0 Å². The Hall–Kier alpha value is -2.10. The van der Waals surface area contributed by atoms with Gasteiger partial charge >= 0.3 is 5.97 Å². The second kappa shape index (κ2) is 10.6. The maximum Gasteiger partial charge on any atom is 0.336 e. The maximum absolute atomic E-state index is 11.8. The standard InChI is InChI=1S/C20H28O4/c1-5-6-7-8-9-10-19(24-20(22)15(2)3)23-18-13-11-17(12-14-18)16(4)21/h11-14,19H,2,5-10H2,1,3-4H3. The van der Waals surface area contributed by atoms with Crippen LogP contribution in [-0.4, -0.2) is 18.0 Å². The summed E-state index contributed by atoms with van der Waals surface area (Å²) in [6.45, 7) is 8.90. The van der Waals surface area contributed by atoms with Gasteiger partial charge in [-0.05, 0) is 44.5 Å². The molecule has 0 bridgehead atoms. The van der Waals surface area contributed by atoms with E-state index in [-0.39, 0.29) is 5.78 Å². The number of carbonyl (C=O) groups is 2. The van der Waals surface area contributed by atoms with Crippen molar-refractivity contribution in [3.05, 3.63) is 42.0 Å². The van der Waals surface area contributed by atoms with Crippen LogP contribution in [0.4, 0.5) is 0 Å². The zero-order valence-corrected chi connectivity index (χ0v) is 15.0. The summed E-state index contributed by atoms with van der Waals surface area (Å²) in [5, 5.41) is 0. The number of benzene rings is 1. The molecule has 1 aromatic carbocycles. The van der Waals surface area contributed by atoms with Gasteiger partial charge in [-0.2, -0.15) is 0 Å². The van der Waals surface area contributed by atoms with Crippen LogP contribution < -0.4 is 4.74 Å². The third-order valence-electron chi connectivity index (χ3n) is 3.66. The van der Waals surface area contributed by atoms with Crippen LogP contribution in [0.15, 0.2) is 36.4 Å². The minimum Gasteiger partial charge on any atom is -0.455 e. The van der Waals surface area contributed by atoms with Gasteiger partial charge in [0.05, 0.1) is 0 Å². The molecule has 1 atom stereocenters. The first-order valence-electron chi connectivity index (χ1n) is 8.58. The molecule has 0 saturated heterocycles. The molecule has 0 heterocycles. The predicted octanol–water partition coefficient (Wildman–Crippen LogP) is 5.07. The van der Waals surface area contributed by atoms with Crippen molar-refractivity contribution in [2.45, 2.75) is 65.6 Å². The third-order valence-corrected chi connectivity index (χ3v) is 3.66. The molecule has 1 rings (SSSR count). The van der Waals surface area contributed by atoms with Gasteiger partial charge < -0.3 is 9.47 Å². The van der Waals surface area contributed by atoms with Gasteiger partial charge in [0.1, 0.15) is 5.75 Å². The predicted molar refractivity (Wildman–Crippen MR) is 95.1 cm³/mol. The molecule has 0 aliphatic heterocycles. The minimum atomic E-state index is -0.640. The van der Waals surface area contributed by atoms with Crippen LogP contribution in [0.1, 0.15) is 69.7 Å². The van der Waals surface area contributed by atoms with Gasteiger partial charge in [0.25, 0.3) is 0 Å². The van der Waals surface area contributed by atoms with Crippen LogP contribution in [0.5, 0.6) is 5.75 Å². The van der Waals surface area contributed by atoms with Gasteiger partial charge in [0.2, 0.25) is 6.29 Å². The van der Waals surface area contributed by atoms with E-state index >= 15 is 0 Å². The summed E-state index contributed by atoms with van der Waals surface area (Å²) >= 11 is 0. The van der Waals surface area contributed by atoms with Crippen molar-refractivity contribution < 1.29 is 19.1 Å². The van der Waals surface area contributed by atoms with Crippen molar-refractivity contribution in [2.24, 2.45) is 0 Å². The minimum absolute atomic E-state index is 0.00253. The molecule has 0 saturated carbocycles. The van der Waals surface area contributed by atoms with Gasteiger partial charge in [0.15, 0.2) is 5.78 Å². The average Bonchev–Trinajstić information content (AvgIpc) is 2.54. The smallest absolute Gasteiger partial charge is 0.336 e. The Morgan fingerprint density at radius 3 is 2.21 bits per heavy atom. The van der Waals surface area contributed by atoms with E-state index in [0.717, 1.165) is 12.8 Å². The molecule has 24 heavy (non-hydrogen) atoms. The molecule has 1 unspecified atom stereocenters. The first-order valence-corrected chi connectivity index (χ1v) is 8.58. The number of hydrogen-bond acceptors (Lipinski definition) is 4. The summed E-state index contributed by atoms with van der Waals surface area (Å²) in [5.74, 6) is 0.129. The van der Waals surface area contributed by atoms with Gasteiger partial charge in [-0.25, -0.2) is 4.79 Å². The van der Waals surface area contributed by atoms with Crippen LogP contribution in [-0.2, 0) is 9.53 Å².